The lowest BCUT2D eigenvalue weighted by Crippen LogP contribution is -2.23. The van der Waals surface area contributed by atoms with Crippen molar-refractivity contribution in [3.8, 4) is 5.75 Å². The maximum absolute atomic E-state index is 5.89. The molecule has 0 aliphatic rings. The van der Waals surface area contributed by atoms with Gasteiger partial charge in [0.25, 0.3) is 0 Å². The molecule has 1 aromatic heterocycles. The number of pyridine rings is 1. The Kier molecular flexibility index (Phi) is 6.89. The summed E-state index contributed by atoms with van der Waals surface area (Å²) in [6.07, 6.45) is 2.78. The first-order chi connectivity index (χ1) is 10.2. The van der Waals surface area contributed by atoms with E-state index in [2.05, 4.69) is 42.2 Å². The van der Waals surface area contributed by atoms with Crippen LogP contribution in [0.25, 0.3) is 10.9 Å². The van der Waals surface area contributed by atoms with Crippen molar-refractivity contribution in [2.75, 3.05) is 33.4 Å². The third-order valence-electron chi connectivity index (χ3n) is 2.98. The number of aromatic nitrogens is 1. The van der Waals surface area contributed by atoms with Crippen LogP contribution in [0.3, 0.4) is 0 Å². The summed E-state index contributed by atoms with van der Waals surface area (Å²) in [5, 5.41) is 4.36. The van der Waals surface area contributed by atoms with Crippen molar-refractivity contribution in [1.82, 2.24) is 10.3 Å². The third kappa shape index (κ3) is 4.64. The normalized spacial score (nSPS) is 11.0. The average molecular weight is 418 g/mol. The van der Waals surface area contributed by atoms with E-state index in [0.29, 0.717) is 6.61 Å². The van der Waals surface area contributed by atoms with Crippen molar-refractivity contribution in [2.24, 2.45) is 0 Å². The SMILES string of the molecule is COCCCNCCOc1c(Br)cc(Br)c2cccnc12. The minimum absolute atomic E-state index is 0.596. The van der Waals surface area contributed by atoms with E-state index in [1.165, 1.54) is 0 Å². The number of fused-ring (bicyclic) bond motifs is 1. The summed E-state index contributed by atoms with van der Waals surface area (Å²) >= 11 is 7.09. The van der Waals surface area contributed by atoms with E-state index in [0.717, 1.165) is 51.7 Å². The van der Waals surface area contributed by atoms with E-state index in [4.69, 9.17) is 9.47 Å². The largest absolute Gasteiger partial charge is 0.489 e. The van der Waals surface area contributed by atoms with Crippen molar-refractivity contribution >= 4 is 42.8 Å². The fourth-order valence-corrected chi connectivity index (χ4v) is 3.36. The Balaban J connectivity index is 1.96. The predicted molar refractivity (Wildman–Crippen MR) is 92.0 cm³/mol. The molecular formula is C15H18Br2N2O2. The monoisotopic (exact) mass is 416 g/mol. The standard InChI is InChI=1S/C15H18Br2N2O2/c1-20-8-3-5-18-7-9-21-15-13(17)10-12(16)11-4-2-6-19-14(11)15/h2,4,6,10,18H,3,5,7-9H2,1H3. The maximum atomic E-state index is 5.89. The van der Waals surface area contributed by atoms with Gasteiger partial charge in [-0.3, -0.25) is 4.98 Å². The Hall–Kier alpha value is -0.690. The molecule has 4 nitrogen and oxygen atoms in total. The maximum Gasteiger partial charge on any atom is 0.159 e. The van der Waals surface area contributed by atoms with Crippen LogP contribution in [0.1, 0.15) is 6.42 Å². The molecule has 6 heteroatoms. The topological polar surface area (TPSA) is 43.4 Å². The molecule has 1 aromatic carbocycles. The molecule has 2 rings (SSSR count). The molecule has 21 heavy (non-hydrogen) atoms. The number of methoxy groups -OCH3 is 1. The summed E-state index contributed by atoms with van der Waals surface area (Å²) in [7, 11) is 1.71. The van der Waals surface area contributed by atoms with E-state index in [-0.39, 0.29) is 0 Å². The molecule has 0 radical (unpaired) electrons. The number of nitrogens with zero attached hydrogens (tertiary/aromatic N) is 1. The van der Waals surface area contributed by atoms with E-state index in [9.17, 15) is 0 Å². The lowest BCUT2D eigenvalue weighted by atomic mass is 10.2. The fraction of sp³-hybridized carbons (Fsp3) is 0.400. The van der Waals surface area contributed by atoms with Crippen LogP contribution >= 0.6 is 31.9 Å². The number of hydrogen-bond donors (Lipinski definition) is 1. The van der Waals surface area contributed by atoms with Gasteiger partial charge in [0.15, 0.2) is 5.75 Å². The first-order valence-electron chi connectivity index (χ1n) is 6.79. The Morgan fingerprint density at radius 1 is 1.19 bits per heavy atom. The highest BCUT2D eigenvalue weighted by Crippen LogP contribution is 2.37. The van der Waals surface area contributed by atoms with Gasteiger partial charge in [-0.05, 0) is 41.0 Å². The average Bonchev–Trinajstić information content (AvgIpc) is 2.49. The highest BCUT2D eigenvalue weighted by Gasteiger charge is 2.11. The molecule has 0 amide bonds. The first kappa shape index (κ1) is 16.7. The first-order valence-corrected chi connectivity index (χ1v) is 8.38. The summed E-state index contributed by atoms with van der Waals surface area (Å²) < 4.78 is 12.8. The van der Waals surface area contributed by atoms with Crippen LogP contribution in [0.5, 0.6) is 5.75 Å². The van der Waals surface area contributed by atoms with Crippen LogP contribution in [-0.2, 0) is 4.74 Å². The van der Waals surface area contributed by atoms with Gasteiger partial charge < -0.3 is 14.8 Å². The highest BCUT2D eigenvalue weighted by atomic mass is 79.9. The molecule has 0 fully saturated rings. The minimum atomic E-state index is 0.596. The molecule has 0 saturated heterocycles. The second-order valence-electron chi connectivity index (χ2n) is 4.51. The lowest BCUT2D eigenvalue weighted by Gasteiger charge is -2.12. The van der Waals surface area contributed by atoms with Crippen molar-refractivity contribution in [2.45, 2.75) is 6.42 Å². The van der Waals surface area contributed by atoms with Gasteiger partial charge in [0, 0.05) is 36.3 Å². The van der Waals surface area contributed by atoms with Crippen LogP contribution in [0.2, 0.25) is 0 Å². The van der Waals surface area contributed by atoms with E-state index in [1.54, 1.807) is 13.3 Å². The summed E-state index contributed by atoms with van der Waals surface area (Å²) in [6.45, 7) is 3.10. The zero-order valence-electron chi connectivity index (χ0n) is 11.9. The van der Waals surface area contributed by atoms with Crippen molar-refractivity contribution in [1.29, 1.82) is 0 Å². The molecule has 0 aliphatic heterocycles. The summed E-state index contributed by atoms with van der Waals surface area (Å²) in [4.78, 5) is 4.42. The molecule has 1 N–H and O–H groups in total. The number of benzene rings is 1. The number of hydrogen-bond acceptors (Lipinski definition) is 4. The zero-order chi connectivity index (χ0) is 15.1. The Morgan fingerprint density at radius 3 is 2.86 bits per heavy atom. The van der Waals surface area contributed by atoms with Gasteiger partial charge in [0.05, 0.1) is 4.47 Å². The third-order valence-corrected chi connectivity index (χ3v) is 4.22. The number of rotatable bonds is 8. The van der Waals surface area contributed by atoms with Crippen LogP contribution in [0, 0.1) is 0 Å². The number of ether oxygens (including phenoxy) is 2. The summed E-state index contributed by atoms with van der Waals surface area (Å²) in [6, 6.07) is 5.93. The van der Waals surface area contributed by atoms with Crippen molar-refractivity contribution < 1.29 is 9.47 Å². The quantitative estimate of drug-likeness (QED) is 0.664. The van der Waals surface area contributed by atoms with E-state index >= 15 is 0 Å². The summed E-state index contributed by atoms with van der Waals surface area (Å²) in [5.74, 6) is 0.785. The van der Waals surface area contributed by atoms with E-state index in [1.807, 2.05) is 18.2 Å². The molecule has 0 atom stereocenters. The molecule has 0 spiro atoms. The van der Waals surface area contributed by atoms with Crippen LogP contribution in [0.15, 0.2) is 33.3 Å². The molecule has 0 unspecified atom stereocenters. The smallest absolute Gasteiger partial charge is 0.159 e. The van der Waals surface area contributed by atoms with E-state index < -0.39 is 0 Å². The minimum Gasteiger partial charge on any atom is -0.489 e. The molecule has 0 aliphatic carbocycles. The second-order valence-corrected chi connectivity index (χ2v) is 6.22. The molecule has 0 saturated carbocycles. The van der Waals surface area contributed by atoms with Gasteiger partial charge in [-0.1, -0.05) is 22.0 Å². The van der Waals surface area contributed by atoms with Gasteiger partial charge >= 0.3 is 0 Å². The van der Waals surface area contributed by atoms with Crippen LogP contribution < -0.4 is 10.1 Å². The Labute approximate surface area is 141 Å². The van der Waals surface area contributed by atoms with Gasteiger partial charge in [-0.25, -0.2) is 0 Å². The number of nitrogens with one attached hydrogen (secondary N) is 1. The summed E-state index contributed by atoms with van der Waals surface area (Å²) in [5.41, 5.74) is 0.859. The van der Waals surface area contributed by atoms with Gasteiger partial charge in [-0.2, -0.15) is 0 Å². The Morgan fingerprint density at radius 2 is 2.05 bits per heavy atom. The molecule has 1 heterocycles. The lowest BCUT2D eigenvalue weighted by molar-refractivity contribution is 0.193. The molecular weight excluding hydrogens is 400 g/mol. The number of halogens is 2. The van der Waals surface area contributed by atoms with Gasteiger partial charge in [0.1, 0.15) is 12.1 Å². The van der Waals surface area contributed by atoms with Gasteiger partial charge in [-0.15, -0.1) is 0 Å². The zero-order valence-corrected chi connectivity index (χ0v) is 15.0. The fourth-order valence-electron chi connectivity index (χ4n) is 1.98. The van der Waals surface area contributed by atoms with Crippen molar-refractivity contribution in [3.05, 3.63) is 33.3 Å². The molecule has 2 aromatic rings. The van der Waals surface area contributed by atoms with Crippen molar-refractivity contribution in [3.63, 3.8) is 0 Å². The second kappa shape index (κ2) is 8.68. The molecule has 114 valence electrons. The predicted octanol–water partition coefficient (Wildman–Crippen LogP) is 3.76. The van der Waals surface area contributed by atoms with Gasteiger partial charge in [0.2, 0.25) is 0 Å². The highest BCUT2D eigenvalue weighted by molar-refractivity contribution is 9.11. The molecule has 0 bridgehead atoms. The van der Waals surface area contributed by atoms with Crippen LogP contribution in [0.4, 0.5) is 0 Å². The van der Waals surface area contributed by atoms with Crippen LogP contribution in [-0.4, -0.2) is 38.4 Å². The Bertz CT molecular complexity index is 593.